The largest absolute Gasteiger partial charge is 0.493 e. The van der Waals surface area contributed by atoms with Gasteiger partial charge in [-0.25, -0.2) is 14.3 Å². The number of hydrogen-bond donors (Lipinski definition) is 7. The highest BCUT2D eigenvalue weighted by atomic mass is 35.7. The molecule has 0 spiro atoms. The molecule has 1 aromatic carbocycles. The number of carboxylic acid groups (broad SMARTS) is 1. The smallest absolute Gasteiger partial charge is 0.305 e. The van der Waals surface area contributed by atoms with Gasteiger partial charge in [0.05, 0.1) is 104 Å². The number of nitrogens with one attached hydrogen (secondary N) is 1. The van der Waals surface area contributed by atoms with Crippen LogP contribution in [0.3, 0.4) is 0 Å². The number of amides is 2. The summed E-state index contributed by atoms with van der Waals surface area (Å²) in [4.78, 5) is 45.6. The van der Waals surface area contributed by atoms with E-state index in [2.05, 4.69) is 25.4 Å². The Balaban J connectivity index is -0.000000208. The summed E-state index contributed by atoms with van der Waals surface area (Å²) in [6.45, 7) is 4.76. The molecule has 6 aromatic rings. The van der Waals surface area contributed by atoms with E-state index in [1.54, 1.807) is 116 Å². The minimum atomic E-state index is -3.30. The zero-order chi connectivity index (χ0) is 72.6. The molecule has 0 aliphatic carbocycles. The molecule has 0 unspecified atom stereocenters. The van der Waals surface area contributed by atoms with Crippen molar-refractivity contribution in [1.29, 1.82) is 0 Å². The third-order valence-corrected chi connectivity index (χ3v) is 13.2. The second-order valence-electron chi connectivity index (χ2n) is 20.1. The Kier molecular flexibility index (Phi) is 71.1. The average molecular weight is 1500 g/mol. The van der Waals surface area contributed by atoms with Gasteiger partial charge in [0.25, 0.3) is 27.9 Å². The fourth-order valence-electron chi connectivity index (χ4n) is 8.25. The van der Waals surface area contributed by atoms with Gasteiger partial charge >= 0.3 is 5.97 Å². The Labute approximate surface area is 606 Å². The van der Waals surface area contributed by atoms with Crippen LogP contribution in [0.4, 0.5) is 0 Å². The molecule has 0 saturated carbocycles. The minimum Gasteiger partial charge on any atom is -0.493 e. The van der Waals surface area contributed by atoms with E-state index < -0.39 is 25.1 Å². The van der Waals surface area contributed by atoms with Gasteiger partial charge < -0.3 is 76.8 Å². The number of fused-ring (bicyclic) bond motifs is 1. The molecule has 0 atom stereocenters. The average Bonchev–Trinajstić information content (AvgIpc) is 1.64. The van der Waals surface area contributed by atoms with Gasteiger partial charge in [-0.1, -0.05) is 74.9 Å². The maximum Gasteiger partial charge on any atom is 0.305 e. The number of nitrogens with zero attached hydrogens (tertiary/aromatic N) is 1. The van der Waals surface area contributed by atoms with Crippen LogP contribution in [0.15, 0.2) is 108 Å². The topological polar surface area (TPSA) is 415 Å². The standard InChI is InChI=1S/C18H19NO4.C11H18O5S.C11H16O4.C10H17NO2.C10H16O3.C2H4O2.C2H6O.CH3ClO2S.5CH4.H4N2O/c1-22-15-10-12-23-16(15)9-3-2-6-11-19-17(20)13-7-4-5-8-14(13)18(19)21;1-14-10-7-9-15-11(10)6-4-3-5-8-16-17(2,12)13;1-13-9-7-8-15-10(9)5-3-4-6-11(12)14-2;2*1-12-9-6-8-13-10(9)5-3-2-4-7-11;1-2(3)4;1-2-3;1-5(2,3)4;;;;;;1-2-3/h4-5,7-8,10,12H,2-3,6,9,11H2,1H3;7,9H,3-6,8H2,1-2H3;7-8H,3-6H2,1-2H3;6,8H,2-5,7,11H2,1H3;6,8,11H,2-5,7H2,1H3;1H3,(H,3,4);3H,2H2,1H3;1H3;5*1H4;2-3H,1H2. The Hall–Kier alpha value is -7.39. The molecule has 6 heterocycles. The van der Waals surface area contributed by atoms with Crippen LogP contribution in [0.25, 0.3) is 0 Å². The Morgan fingerprint density at radius 2 is 0.802 bits per heavy atom. The van der Waals surface area contributed by atoms with E-state index in [1.165, 1.54) is 17.6 Å². The number of carbonyl (C=O) groups excluding carboxylic acids is 3. The van der Waals surface area contributed by atoms with Crippen molar-refractivity contribution in [3.05, 3.63) is 126 Å². The van der Waals surface area contributed by atoms with Gasteiger partial charge in [-0.2, -0.15) is 8.42 Å². The summed E-state index contributed by atoms with van der Waals surface area (Å²) in [6, 6.07) is 16.0. The molecule has 7 rings (SSSR count). The number of halogens is 1. The number of nitrogens with two attached hydrogens (primary N) is 2. The zero-order valence-corrected chi connectivity index (χ0v) is 59.4. The first-order chi connectivity index (χ1) is 45.8. The molecule has 0 radical (unpaired) electrons. The molecule has 0 fully saturated rings. The predicted molar refractivity (Wildman–Crippen MR) is 394 cm³/mol. The molecule has 9 N–H and O–H groups in total. The molecule has 2 amide bonds. The molecule has 0 bridgehead atoms. The predicted octanol–water partition coefficient (Wildman–Crippen LogP) is 13.7. The van der Waals surface area contributed by atoms with Gasteiger partial charge in [0.1, 0.15) is 28.8 Å². The maximum absolute atomic E-state index is 12.2. The Morgan fingerprint density at radius 1 is 0.525 bits per heavy atom. The number of carboxylic acids is 1. The van der Waals surface area contributed by atoms with Gasteiger partial charge in [0.15, 0.2) is 28.7 Å². The van der Waals surface area contributed by atoms with Gasteiger partial charge in [0, 0.05) is 106 Å². The molecule has 586 valence electrons. The summed E-state index contributed by atoms with van der Waals surface area (Å²) in [5.41, 5.74) is 7.67. The van der Waals surface area contributed by atoms with E-state index >= 15 is 0 Å². The van der Waals surface area contributed by atoms with E-state index in [4.69, 9.17) is 76.8 Å². The summed E-state index contributed by atoms with van der Waals surface area (Å²) in [5, 5.41) is 30.7. The van der Waals surface area contributed by atoms with Crippen molar-refractivity contribution in [3.63, 3.8) is 0 Å². The highest BCUT2D eigenvalue weighted by molar-refractivity contribution is 8.13. The van der Waals surface area contributed by atoms with Crippen LogP contribution in [-0.2, 0) is 69.8 Å². The maximum atomic E-state index is 12.2. The van der Waals surface area contributed by atoms with Crippen LogP contribution in [0, 0.1) is 0 Å². The number of imide groups is 1. The lowest BCUT2D eigenvalue weighted by Gasteiger charge is -2.13. The van der Waals surface area contributed by atoms with Crippen molar-refractivity contribution in [3.8, 4) is 28.7 Å². The summed E-state index contributed by atoms with van der Waals surface area (Å²) >= 11 is 0. The van der Waals surface area contributed by atoms with Crippen molar-refractivity contribution in [2.24, 2.45) is 11.6 Å². The SMILES string of the molecule is C.C.C.C.C.CC(=O)O.CCO.COC(=O)CCCCc1occc1OC.COc1ccoc1CCCCCN.COc1ccoc1CCCCCN1C(=O)c2ccccc2C1=O.COc1ccoc1CCCCCO.COc1ccoc1CCCCCOS(C)(=O)=O.CS(=O)(=O)Cl.NNO. The number of aryl methyl sites for hydroxylation is 5. The zero-order valence-electron chi connectivity index (χ0n) is 57.0. The lowest BCUT2D eigenvalue weighted by atomic mass is 10.1. The van der Waals surface area contributed by atoms with Crippen molar-refractivity contribution in [2.75, 3.05) is 88.1 Å². The molecule has 1 aliphatic rings. The minimum absolute atomic E-state index is 0. The van der Waals surface area contributed by atoms with Crippen LogP contribution in [0.1, 0.15) is 197 Å². The molecule has 5 aromatic heterocycles. The number of rotatable bonds is 33. The van der Waals surface area contributed by atoms with Crippen molar-refractivity contribution in [1.82, 2.24) is 10.5 Å². The Morgan fingerprint density at radius 3 is 1.07 bits per heavy atom. The normalized spacial score (nSPS) is 10.4. The van der Waals surface area contributed by atoms with Crippen LogP contribution >= 0.6 is 10.7 Å². The number of furan rings is 5. The van der Waals surface area contributed by atoms with E-state index in [-0.39, 0.29) is 74.7 Å². The number of hydrazine groups is 1. The van der Waals surface area contributed by atoms with E-state index in [0.29, 0.717) is 24.1 Å². The fourth-order valence-corrected chi connectivity index (χ4v) is 8.67. The number of esters is 1. The van der Waals surface area contributed by atoms with Gasteiger partial charge in [0.2, 0.25) is 9.05 Å². The number of ether oxygens (including phenoxy) is 6. The van der Waals surface area contributed by atoms with Crippen molar-refractivity contribution < 1.29 is 111 Å². The fraction of sp³-hybridized carbons (Fsp3) is 0.571. The quantitative estimate of drug-likeness (QED) is 0.00383. The molecule has 1 aliphatic heterocycles. The summed E-state index contributed by atoms with van der Waals surface area (Å²) < 4.78 is 101. The van der Waals surface area contributed by atoms with Gasteiger partial charge in [-0.15, -0.1) is 5.59 Å². The molecule has 0 saturated heterocycles. The number of hydrogen-bond acceptors (Lipinski definition) is 26. The first-order valence-corrected chi connectivity index (χ1v) is 35.4. The molecule has 101 heavy (non-hydrogen) atoms. The lowest BCUT2D eigenvalue weighted by molar-refractivity contribution is -0.140. The molecular formula is C70H123ClN4O24S2. The molecule has 28 nitrogen and oxygen atoms in total. The van der Waals surface area contributed by atoms with Crippen LogP contribution in [0.2, 0.25) is 0 Å². The van der Waals surface area contributed by atoms with E-state index in [0.717, 1.165) is 206 Å². The van der Waals surface area contributed by atoms with Gasteiger partial charge in [-0.05, 0) is 89.8 Å². The van der Waals surface area contributed by atoms with E-state index in [1.807, 2.05) is 12.1 Å². The van der Waals surface area contributed by atoms with Crippen molar-refractivity contribution in [2.45, 2.75) is 179 Å². The second kappa shape index (κ2) is 67.1. The number of aliphatic hydroxyl groups excluding tert-OH is 2. The number of aliphatic carboxylic acids is 1. The number of aliphatic hydroxyl groups is 2. The highest BCUT2D eigenvalue weighted by Gasteiger charge is 2.34. The highest BCUT2D eigenvalue weighted by Crippen LogP contribution is 2.27. The van der Waals surface area contributed by atoms with E-state index in [9.17, 15) is 31.2 Å². The molecular weight excluding hydrogens is 1380 g/mol. The van der Waals surface area contributed by atoms with Crippen molar-refractivity contribution >= 4 is 53.6 Å². The monoisotopic (exact) mass is 1500 g/mol. The second-order valence-corrected chi connectivity index (χ2v) is 24.8. The first kappa shape index (κ1) is 107. The van der Waals surface area contributed by atoms with Crippen LogP contribution in [0.5, 0.6) is 28.7 Å². The number of benzene rings is 1. The summed E-state index contributed by atoms with van der Waals surface area (Å²) in [7, 11) is 7.55. The summed E-state index contributed by atoms with van der Waals surface area (Å²) in [5.74, 6) is 11.1. The van der Waals surface area contributed by atoms with Crippen LogP contribution in [-0.4, -0.2) is 154 Å². The van der Waals surface area contributed by atoms with Crippen LogP contribution < -0.4 is 40.8 Å². The van der Waals surface area contributed by atoms with Gasteiger partial charge in [-0.3, -0.25) is 28.3 Å². The first-order valence-electron chi connectivity index (χ1n) is 30.8. The number of carbonyl (C=O) groups is 4. The third-order valence-electron chi connectivity index (χ3n) is 12.6. The molecule has 31 heteroatoms. The third kappa shape index (κ3) is 54.0. The number of methoxy groups -OCH3 is 6. The lowest BCUT2D eigenvalue weighted by Crippen LogP contribution is -2.30. The Bertz CT molecular complexity index is 3060. The summed E-state index contributed by atoms with van der Waals surface area (Å²) in [6.07, 6.45) is 27.9. The number of unbranched alkanes of at least 4 members (excludes halogenated alkanes) is 9.